The number of aryl methyl sites for hydroxylation is 1. The van der Waals surface area contributed by atoms with E-state index in [4.69, 9.17) is 4.74 Å². The number of rotatable bonds is 6. The van der Waals surface area contributed by atoms with E-state index in [1.54, 1.807) is 19.2 Å². The number of methoxy groups -OCH3 is 1. The molecule has 128 valence electrons. The molecule has 1 aromatic rings. The van der Waals surface area contributed by atoms with Gasteiger partial charge < -0.3 is 20.1 Å². The van der Waals surface area contributed by atoms with Gasteiger partial charge in [-0.3, -0.25) is 4.79 Å². The van der Waals surface area contributed by atoms with Crippen molar-refractivity contribution >= 4 is 5.91 Å². The van der Waals surface area contributed by atoms with Gasteiger partial charge in [0.05, 0.1) is 13.2 Å². The van der Waals surface area contributed by atoms with Crippen LogP contribution in [0.3, 0.4) is 0 Å². The lowest BCUT2D eigenvalue weighted by Gasteiger charge is -2.31. The Kier molecular flexibility index (Phi) is 6.42. The number of amides is 1. The molecule has 1 aliphatic rings. The van der Waals surface area contributed by atoms with Crippen LogP contribution >= 0.6 is 0 Å². The number of hydrogen-bond acceptors (Lipinski definition) is 4. The van der Waals surface area contributed by atoms with Crippen molar-refractivity contribution in [2.45, 2.75) is 32.8 Å². The molecule has 1 unspecified atom stereocenters. The lowest BCUT2D eigenvalue weighted by molar-refractivity contribution is 0.0795. The van der Waals surface area contributed by atoms with Gasteiger partial charge in [-0.05, 0) is 62.5 Å². The SMILES string of the molecule is COc1ccc(C(=O)NCC(O)CN2CCC(C)CC2)c(C)c1. The number of nitrogens with one attached hydrogen (secondary N) is 1. The largest absolute Gasteiger partial charge is 0.497 e. The molecule has 1 aromatic carbocycles. The predicted molar refractivity (Wildman–Crippen MR) is 90.9 cm³/mol. The van der Waals surface area contributed by atoms with E-state index in [0.29, 0.717) is 12.1 Å². The Balaban J connectivity index is 1.79. The summed E-state index contributed by atoms with van der Waals surface area (Å²) in [6, 6.07) is 5.36. The number of nitrogens with zero attached hydrogens (tertiary/aromatic N) is 1. The van der Waals surface area contributed by atoms with E-state index in [9.17, 15) is 9.90 Å². The Morgan fingerprint density at radius 1 is 1.43 bits per heavy atom. The molecule has 1 atom stereocenters. The van der Waals surface area contributed by atoms with Crippen LogP contribution in [0, 0.1) is 12.8 Å². The normalized spacial score (nSPS) is 17.7. The van der Waals surface area contributed by atoms with Gasteiger partial charge in [0, 0.05) is 18.7 Å². The average molecular weight is 320 g/mol. The summed E-state index contributed by atoms with van der Waals surface area (Å²) in [6.07, 6.45) is 1.83. The monoisotopic (exact) mass is 320 g/mol. The molecule has 23 heavy (non-hydrogen) atoms. The number of likely N-dealkylation sites (tertiary alicyclic amines) is 1. The molecule has 2 N–H and O–H groups in total. The Morgan fingerprint density at radius 2 is 2.13 bits per heavy atom. The van der Waals surface area contributed by atoms with E-state index in [2.05, 4.69) is 17.1 Å². The van der Waals surface area contributed by atoms with Crippen molar-refractivity contribution in [1.82, 2.24) is 10.2 Å². The first-order chi connectivity index (χ1) is 11.0. The van der Waals surface area contributed by atoms with Gasteiger partial charge in [0.25, 0.3) is 5.91 Å². The van der Waals surface area contributed by atoms with E-state index in [1.807, 2.05) is 13.0 Å². The summed E-state index contributed by atoms with van der Waals surface area (Å²) in [4.78, 5) is 14.5. The van der Waals surface area contributed by atoms with Gasteiger partial charge in [-0.1, -0.05) is 6.92 Å². The maximum atomic E-state index is 12.2. The van der Waals surface area contributed by atoms with Gasteiger partial charge in [-0.2, -0.15) is 0 Å². The molecule has 2 rings (SSSR count). The van der Waals surface area contributed by atoms with Crippen LogP contribution in [0.2, 0.25) is 0 Å². The van der Waals surface area contributed by atoms with Gasteiger partial charge in [0.1, 0.15) is 5.75 Å². The highest BCUT2D eigenvalue weighted by Gasteiger charge is 2.19. The maximum absolute atomic E-state index is 12.2. The van der Waals surface area contributed by atoms with Crippen LogP contribution in [0.15, 0.2) is 18.2 Å². The summed E-state index contributed by atoms with van der Waals surface area (Å²) >= 11 is 0. The van der Waals surface area contributed by atoms with Gasteiger partial charge in [0.2, 0.25) is 0 Å². The van der Waals surface area contributed by atoms with Gasteiger partial charge in [0.15, 0.2) is 0 Å². The van der Waals surface area contributed by atoms with Crippen molar-refractivity contribution < 1.29 is 14.6 Å². The van der Waals surface area contributed by atoms with E-state index in [1.165, 1.54) is 12.8 Å². The number of benzene rings is 1. The second-order valence-corrected chi connectivity index (χ2v) is 6.53. The molecule has 1 fully saturated rings. The standard InChI is InChI=1S/C18H28N2O3/c1-13-6-8-20(9-7-13)12-15(21)11-19-18(22)17-5-4-16(23-3)10-14(17)2/h4-5,10,13,15,21H,6-9,11-12H2,1-3H3,(H,19,22). The molecule has 5 heteroatoms. The lowest BCUT2D eigenvalue weighted by Crippen LogP contribution is -2.43. The molecule has 1 heterocycles. The fourth-order valence-corrected chi connectivity index (χ4v) is 2.93. The smallest absolute Gasteiger partial charge is 0.251 e. The molecule has 5 nitrogen and oxygen atoms in total. The number of β-amino-alcohol motifs (C(OH)–C–C–N with tert-alkyl or cyclic N) is 1. The van der Waals surface area contributed by atoms with Crippen LogP contribution in [0.4, 0.5) is 0 Å². The molecule has 0 spiro atoms. The van der Waals surface area contributed by atoms with E-state index >= 15 is 0 Å². The van der Waals surface area contributed by atoms with Crippen molar-refractivity contribution in [2.24, 2.45) is 5.92 Å². The Labute approximate surface area is 138 Å². The zero-order valence-electron chi connectivity index (χ0n) is 14.3. The molecule has 0 saturated carbocycles. The number of hydrogen-bond donors (Lipinski definition) is 2. The zero-order valence-corrected chi connectivity index (χ0v) is 14.3. The first kappa shape index (κ1) is 17.8. The number of carbonyl (C=O) groups is 1. The molecular weight excluding hydrogens is 292 g/mol. The average Bonchev–Trinajstić information content (AvgIpc) is 2.54. The van der Waals surface area contributed by atoms with Gasteiger partial charge >= 0.3 is 0 Å². The molecule has 0 radical (unpaired) electrons. The quantitative estimate of drug-likeness (QED) is 0.839. The van der Waals surface area contributed by atoms with E-state index in [-0.39, 0.29) is 12.5 Å². The van der Waals surface area contributed by atoms with E-state index in [0.717, 1.165) is 30.3 Å². The minimum absolute atomic E-state index is 0.156. The Morgan fingerprint density at radius 3 is 2.74 bits per heavy atom. The minimum Gasteiger partial charge on any atom is -0.497 e. The molecule has 1 amide bonds. The molecular formula is C18H28N2O3. The maximum Gasteiger partial charge on any atom is 0.251 e. The Hall–Kier alpha value is -1.59. The third-order valence-corrected chi connectivity index (χ3v) is 4.52. The van der Waals surface area contributed by atoms with Crippen LogP contribution in [0.1, 0.15) is 35.7 Å². The predicted octanol–water partition coefficient (Wildman–Crippen LogP) is 1.83. The molecule has 1 saturated heterocycles. The highest BCUT2D eigenvalue weighted by molar-refractivity contribution is 5.95. The molecule has 1 aliphatic heterocycles. The summed E-state index contributed by atoms with van der Waals surface area (Å²) in [5.41, 5.74) is 1.48. The molecule has 0 aromatic heterocycles. The van der Waals surface area contributed by atoms with Crippen molar-refractivity contribution in [3.8, 4) is 5.75 Å². The fraction of sp³-hybridized carbons (Fsp3) is 0.611. The summed E-state index contributed by atoms with van der Waals surface area (Å²) in [5.74, 6) is 1.36. The summed E-state index contributed by atoms with van der Waals surface area (Å²) in [7, 11) is 1.60. The molecule has 0 aliphatic carbocycles. The Bertz CT molecular complexity index is 525. The number of carbonyl (C=O) groups excluding carboxylic acids is 1. The summed E-state index contributed by atoms with van der Waals surface area (Å²) < 4.78 is 5.14. The highest BCUT2D eigenvalue weighted by Crippen LogP contribution is 2.17. The second kappa shape index (κ2) is 8.31. The van der Waals surface area contributed by atoms with Gasteiger partial charge in [-0.15, -0.1) is 0 Å². The molecule has 0 bridgehead atoms. The van der Waals surface area contributed by atoms with Crippen molar-refractivity contribution in [2.75, 3.05) is 33.3 Å². The number of aliphatic hydroxyl groups is 1. The van der Waals surface area contributed by atoms with Crippen LogP contribution in [-0.2, 0) is 0 Å². The fourth-order valence-electron chi connectivity index (χ4n) is 2.93. The van der Waals surface area contributed by atoms with Crippen LogP contribution in [0.5, 0.6) is 5.75 Å². The summed E-state index contributed by atoms with van der Waals surface area (Å²) in [6.45, 7) is 7.10. The third kappa shape index (κ3) is 5.22. The highest BCUT2D eigenvalue weighted by atomic mass is 16.5. The number of ether oxygens (including phenoxy) is 1. The van der Waals surface area contributed by atoms with Crippen LogP contribution in [0.25, 0.3) is 0 Å². The summed E-state index contributed by atoms with van der Waals surface area (Å²) in [5, 5.41) is 13.0. The number of aliphatic hydroxyl groups excluding tert-OH is 1. The first-order valence-corrected chi connectivity index (χ1v) is 8.33. The van der Waals surface area contributed by atoms with Crippen LogP contribution in [-0.4, -0.2) is 55.3 Å². The van der Waals surface area contributed by atoms with Crippen molar-refractivity contribution in [1.29, 1.82) is 0 Å². The topological polar surface area (TPSA) is 61.8 Å². The first-order valence-electron chi connectivity index (χ1n) is 8.33. The van der Waals surface area contributed by atoms with Crippen LogP contribution < -0.4 is 10.1 Å². The lowest BCUT2D eigenvalue weighted by atomic mass is 9.99. The van der Waals surface area contributed by atoms with Crippen molar-refractivity contribution in [3.63, 3.8) is 0 Å². The zero-order chi connectivity index (χ0) is 16.8. The van der Waals surface area contributed by atoms with E-state index < -0.39 is 6.10 Å². The second-order valence-electron chi connectivity index (χ2n) is 6.53. The van der Waals surface area contributed by atoms with Crippen molar-refractivity contribution in [3.05, 3.63) is 29.3 Å². The third-order valence-electron chi connectivity index (χ3n) is 4.52. The van der Waals surface area contributed by atoms with Gasteiger partial charge in [-0.25, -0.2) is 0 Å². The number of piperidine rings is 1. The minimum atomic E-state index is -0.536.